The molecule has 0 saturated carbocycles. The Kier molecular flexibility index (Phi) is 3.73. The molecule has 6 nitrogen and oxygen atoms in total. The van der Waals surface area contributed by atoms with E-state index in [-0.39, 0.29) is 5.56 Å². The maximum Gasteiger partial charge on any atom is 0.342 e. The summed E-state index contributed by atoms with van der Waals surface area (Å²) < 4.78 is 4.94. The third kappa shape index (κ3) is 2.25. The van der Waals surface area contributed by atoms with Crippen LogP contribution in [0.3, 0.4) is 0 Å². The fraction of sp³-hybridized carbons (Fsp3) is 0.222. The number of rotatable bonds is 4. The van der Waals surface area contributed by atoms with Crippen LogP contribution in [0.4, 0.5) is 5.69 Å². The second-order valence-corrected chi connectivity index (χ2v) is 3.63. The van der Waals surface area contributed by atoms with Crippen molar-refractivity contribution in [3.05, 3.63) is 27.8 Å². The first kappa shape index (κ1) is 12.3. The number of carboxylic acids is 1. The molecule has 0 aliphatic heterocycles. The molecule has 0 heterocycles. The molecule has 0 aliphatic carbocycles. The molecular formula is C9H9NO5S. The molecule has 1 N–H and O–H groups in total. The average Bonchev–Trinajstić information content (AvgIpc) is 2.26. The van der Waals surface area contributed by atoms with Gasteiger partial charge in [-0.15, -0.1) is 11.8 Å². The summed E-state index contributed by atoms with van der Waals surface area (Å²) >= 11 is 1.26. The van der Waals surface area contributed by atoms with Crippen molar-refractivity contribution in [1.29, 1.82) is 0 Å². The fourth-order valence-electron chi connectivity index (χ4n) is 1.19. The molecule has 1 rings (SSSR count). The molecular weight excluding hydrogens is 234 g/mol. The Labute approximate surface area is 95.4 Å². The molecule has 86 valence electrons. The van der Waals surface area contributed by atoms with Gasteiger partial charge in [0.05, 0.1) is 23.0 Å². The number of nitro groups is 1. The van der Waals surface area contributed by atoms with Crippen LogP contribution in [0.5, 0.6) is 5.75 Å². The first-order valence-electron chi connectivity index (χ1n) is 4.15. The Morgan fingerprint density at radius 2 is 2.19 bits per heavy atom. The number of benzene rings is 1. The van der Waals surface area contributed by atoms with E-state index < -0.39 is 16.6 Å². The highest BCUT2D eigenvalue weighted by molar-refractivity contribution is 7.98. The molecule has 1 aromatic carbocycles. The van der Waals surface area contributed by atoms with Gasteiger partial charge >= 0.3 is 5.97 Å². The van der Waals surface area contributed by atoms with Crippen LogP contribution in [0.2, 0.25) is 0 Å². The molecule has 16 heavy (non-hydrogen) atoms. The topological polar surface area (TPSA) is 89.7 Å². The highest BCUT2D eigenvalue weighted by Crippen LogP contribution is 2.34. The number of thioether (sulfide) groups is 1. The monoisotopic (exact) mass is 243 g/mol. The van der Waals surface area contributed by atoms with E-state index >= 15 is 0 Å². The standard InChI is InChI=1S/C9H9NO5S/c1-15-7-4-6(10(13)14)5(9(11)12)3-8(7)16-2/h3-4H,1-2H3,(H,11,12). The minimum absolute atomic E-state index is 0.296. The van der Waals surface area contributed by atoms with Crippen molar-refractivity contribution in [2.75, 3.05) is 13.4 Å². The van der Waals surface area contributed by atoms with Crippen molar-refractivity contribution in [1.82, 2.24) is 0 Å². The third-order valence-corrected chi connectivity index (χ3v) is 2.69. The summed E-state index contributed by atoms with van der Waals surface area (Å²) in [7, 11) is 1.37. The van der Waals surface area contributed by atoms with E-state index in [0.717, 1.165) is 6.07 Å². The van der Waals surface area contributed by atoms with Crippen molar-refractivity contribution in [3.8, 4) is 5.75 Å². The molecule has 0 bridgehead atoms. The number of hydrogen-bond donors (Lipinski definition) is 1. The Bertz CT molecular complexity index is 405. The molecule has 0 aliphatic rings. The Balaban J connectivity index is 3.47. The Morgan fingerprint density at radius 1 is 1.56 bits per heavy atom. The zero-order valence-electron chi connectivity index (χ0n) is 8.59. The number of carboxylic acid groups (broad SMARTS) is 1. The predicted molar refractivity (Wildman–Crippen MR) is 58.4 cm³/mol. The van der Waals surface area contributed by atoms with E-state index in [0.29, 0.717) is 10.6 Å². The van der Waals surface area contributed by atoms with Gasteiger partial charge in [-0.25, -0.2) is 4.79 Å². The molecule has 0 radical (unpaired) electrons. The largest absolute Gasteiger partial charge is 0.495 e. The molecule has 0 unspecified atom stereocenters. The Hall–Kier alpha value is -1.76. The van der Waals surface area contributed by atoms with Crippen molar-refractivity contribution in [3.63, 3.8) is 0 Å². The lowest BCUT2D eigenvalue weighted by atomic mass is 10.1. The quantitative estimate of drug-likeness (QED) is 0.494. The van der Waals surface area contributed by atoms with E-state index in [1.54, 1.807) is 6.26 Å². The summed E-state index contributed by atoms with van der Waals surface area (Å²) in [5.41, 5.74) is -0.808. The smallest absolute Gasteiger partial charge is 0.342 e. The van der Waals surface area contributed by atoms with Crippen LogP contribution in [-0.2, 0) is 0 Å². The minimum Gasteiger partial charge on any atom is -0.495 e. The van der Waals surface area contributed by atoms with Gasteiger partial charge in [0.15, 0.2) is 0 Å². The second kappa shape index (κ2) is 4.84. The molecule has 0 spiro atoms. The highest BCUT2D eigenvalue weighted by Gasteiger charge is 2.23. The first-order valence-corrected chi connectivity index (χ1v) is 5.37. The molecule has 1 aromatic rings. The highest BCUT2D eigenvalue weighted by atomic mass is 32.2. The van der Waals surface area contributed by atoms with E-state index in [2.05, 4.69) is 0 Å². The van der Waals surface area contributed by atoms with Gasteiger partial charge in [-0.1, -0.05) is 0 Å². The minimum atomic E-state index is -1.33. The number of nitrogens with zero attached hydrogens (tertiary/aromatic N) is 1. The molecule has 0 fully saturated rings. The average molecular weight is 243 g/mol. The SMILES string of the molecule is COc1cc([N+](=O)[O-])c(C(=O)O)cc1SC. The maximum atomic E-state index is 10.8. The van der Waals surface area contributed by atoms with E-state index in [1.807, 2.05) is 0 Å². The van der Waals surface area contributed by atoms with Crippen LogP contribution in [0, 0.1) is 10.1 Å². The van der Waals surface area contributed by atoms with Gasteiger partial charge in [-0.05, 0) is 12.3 Å². The van der Waals surface area contributed by atoms with Gasteiger partial charge in [0.1, 0.15) is 11.3 Å². The molecule has 7 heteroatoms. The predicted octanol–water partition coefficient (Wildman–Crippen LogP) is 2.02. The van der Waals surface area contributed by atoms with Crippen LogP contribution in [0.15, 0.2) is 17.0 Å². The van der Waals surface area contributed by atoms with Crippen LogP contribution in [0.1, 0.15) is 10.4 Å². The number of ether oxygens (including phenoxy) is 1. The number of carbonyl (C=O) groups is 1. The van der Waals surface area contributed by atoms with Crippen molar-refractivity contribution in [2.45, 2.75) is 4.90 Å². The second-order valence-electron chi connectivity index (χ2n) is 2.79. The van der Waals surface area contributed by atoms with Crippen molar-refractivity contribution < 1.29 is 19.6 Å². The lowest BCUT2D eigenvalue weighted by Crippen LogP contribution is -2.03. The normalized spacial score (nSPS) is 9.88. The van der Waals surface area contributed by atoms with Gasteiger partial charge in [0, 0.05) is 0 Å². The zero-order chi connectivity index (χ0) is 12.3. The molecule has 0 saturated heterocycles. The maximum absolute atomic E-state index is 10.8. The summed E-state index contributed by atoms with van der Waals surface area (Å²) in [6.07, 6.45) is 1.73. The molecule has 0 atom stereocenters. The van der Waals surface area contributed by atoms with E-state index in [1.165, 1.54) is 24.9 Å². The number of nitro benzene ring substituents is 1. The summed E-state index contributed by atoms with van der Waals surface area (Å²) in [5.74, 6) is -1.03. The van der Waals surface area contributed by atoms with Gasteiger partial charge in [0.25, 0.3) is 5.69 Å². The summed E-state index contributed by atoms with van der Waals surface area (Å²) in [6.45, 7) is 0. The number of aromatic carboxylic acids is 1. The van der Waals surface area contributed by atoms with Gasteiger partial charge in [-0.3, -0.25) is 10.1 Å². The number of methoxy groups -OCH3 is 1. The number of hydrogen-bond acceptors (Lipinski definition) is 5. The van der Waals surface area contributed by atoms with Crippen LogP contribution >= 0.6 is 11.8 Å². The van der Waals surface area contributed by atoms with E-state index in [9.17, 15) is 14.9 Å². The van der Waals surface area contributed by atoms with Crippen molar-refractivity contribution >= 4 is 23.4 Å². The van der Waals surface area contributed by atoms with Crippen LogP contribution in [-0.4, -0.2) is 29.4 Å². The van der Waals surface area contributed by atoms with Gasteiger partial charge < -0.3 is 9.84 Å². The van der Waals surface area contributed by atoms with Crippen LogP contribution < -0.4 is 4.74 Å². The third-order valence-electron chi connectivity index (χ3n) is 1.93. The first-order chi connectivity index (χ1) is 7.51. The molecule has 0 amide bonds. The van der Waals surface area contributed by atoms with Gasteiger partial charge in [0.2, 0.25) is 0 Å². The fourth-order valence-corrected chi connectivity index (χ4v) is 1.77. The lowest BCUT2D eigenvalue weighted by Gasteiger charge is -2.07. The van der Waals surface area contributed by atoms with Crippen LogP contribution in [0.25, 0.3) is 0 Å². The van der Waals surface area contributed by atoms with E-state index in [4.69, 9.17) is 9.84 Å². The summed E-state index contributed by atoms with van der Waals surface area (Å²) in [6, 6.07) is 2.36. The van der Waals surface area contributed by atoms with Gasteiger partial charge in [-0.2, -0.15) is 0 Å². The molecule has 0 aromatic heterocycles. The Morgan fingerprint density at radius 3 is 2.56 bits per heavy atom. The summed E-state index contributed by atoms with van der Waals surface area (Å²) in [5, 5.41) is 19.5. The lowest BCUT2D eigenvalue weighted by molar-refractivity contribution is -0.385. The van der Waals surface area contributed by atoms with Crippen molar-refractivity contribution in [2.24, 2.45) is 0 Å². The summed E-state index contributed by atoms with van der Waals surface area (Å²) in [4.78, 5) is 21.3. The zero-order valence-corrected chi connectivity index (χ0v) is 9.41.